The zero-order valence-electron chi connectivity index (χ0n) is 9.47. The lowest BCUT2D eigenvalue weighted by Crippen LogP contribution is -2.36. The molecule has 0 amide bonds. The Morgan fingerprint density at radius 1 is 1.47 bits per heavy atom. The van der Waals surface area contributed by atoms with E-state index in [4.69, 9.17) is 10.5 Å². The summed E-state index contributed by atoms with van der Waals surface area (Å²) in [5.41, 5.74) is 5.55. The van der Waals surface area contributed by atoms with E-state index >= 15 is 0 Å². The normalized spacial score (nSPS) is 10.5. The van der Waals surface area contributed by atoms with Crippen molar-refractivity contribution in [2.75, 3.05) is 25.1 Å². The van der Waals surface area contributed by atoms with Gasteiger partial charge < -0.3 is 15.4 Å². The fourth-order valence-electron chi connectivity index (χ4n) is 1.35. The maximum atomic E-state index is 5.55. The summed E-state index contributed by atoms with van der Waals surface area (Å²) in [6.45, 7) is 5.55. The van der Waals surface area contributed by atoms with Crippen molar-refractivity contribution in [2.45, 2.75) is 19.9 Å². The summed E-state index contributed by atoms with van der Waals surface area (Å²) in [6.07, 6.45) is 3.31. The van der Waals surface area contributed by atoms with Crippen LogP contribution in [0.3, 0.4) is 0 Å². The molecule has 0 aliphatic heterocycles. The lowest BCUT2D eigenvalue weighted by Gasteiger charge is -2.26. The number of hydrogen-bond acceptors (Lipinski definition) is 5. The molecule has 0 unspecified atom stereocenters. The minimum Gasteiger partial charge on any atom is -0.480 e. The van der Waals surface area contributed by atoms with Crippen LogP contribution in [0.1, 0.15) is 13.8 Å². The maximum Gasteiger partial charge on any atom is 0.233 e. The first-order valence-electron chi connectivity index (χ1n) is 5.01. The maximum absolute atomic E-state index is 5.55. The van der Waals surface area contributed by atoms with Crippen LogP contribution in [0.15, 0.2) is 12.4 Å². The molecule has 84 valence electrons. The second-order valence-corrected chi connectivity index (χ2v) is 3.50. The first kappa shape index (κ1) is 11.7. The molecule has 0 radical (unpaired) electrons. The van der Waals surface area contributed by atoms with Crippen molar-refractivity contribution in [1.29, 1.82) is 0 Å². The number of hydrogen-bond donors (Lipinski definition) is 1. The summed E-state index contributed by atoms with van der Waals surface area (Å²) in [6, 6.07) is 0.343. The molecule has 2 N–H and O–H groups in total. The molecule has 1 heterocycles. The summed E-state index contributed by atoms with van der Waals surface area (Å²) in [7, 11) is 1.58. The SMILES string of the molecule is COc1cncc(N(CCN)C(C)C)n1. The van der Waals surface area contributed by atoms with E-state index in [2.05, 4.69) is 28.7 Å². The highest BCUT2D eigenvalue weighted by atomic mass is 16.5. The second kappa shape index (κ2) is 5.50. The van der Waals surface area contributed by atoms with Gasteiger partial charge in [-0.3, -0.25) is 4.98 Å². The molecule has 5 nitrogen and oxygen atoms in total. The minimum atomic E-state index is 0.343. The fraction of sp³-hybridized carbons (Fsp3) is 0.600. The lowest BCUT2D eigenvalue weighted by molar-refractivity contribution is 0.395. The summed E-state index contributed by atoms with van der Waals surface area (Å²) in [5.74, 6) is 1.32. The molecule has 0 spiro atoms. The predicted octanol–water partition coefficient (Wildman–Crippen LogP) is 0.659. The van der Waals surface area contributed by atoms with Gasteiger partial charge in [-0.2, -0.15) is 4.98 Å². The molecule has 0 saturated carbocycles. The van der Waals surface area contributed by atoms with E-state index in [1.54, 1.807) is 19.5 Å². The smallest absolute Gasteiger partial charge is 0.233 e. The van der Waals surface area contributed by atoms with Crippen LogP contribution in [0, 0.1) is 0 Å². The van der Waals surface area contributed by atoms with Crippen LogP contribution >= 0.6 is 0 Å². The van der Waals surface area contributed by atoms with Crippen molar-refractivity contribution in [3.63, 3.8) is 0 Å². The number of anilines is 1. The van der Waals surface area contributed by atoms with Crippen molar-refractivity contribution >= 4 is 5.82 Å². The van der Waals surface area contributed by atoms with E-state index in [1.165, 1.54) is 0 Å². The Morgan fingerprint density at radius 3 is 2.73 bits per heavy atom. The van der Waals surface area contributed by atoms with Crippen molar-refractivity contribution in [3.05, 3.63) is 12.4 Å². The third-order valence-electron chi connectivity index (χ3n) is 2.10. The Bertz CT molecular complexity index is 303. The van der Waals surface area contributed by atoms with Gasteiger partial charge in [-0.1, -0.05) is 0 Å². The van der Waals surface area contributed by atoms with Gasteiger partial charge in [-0.05, 0) is 13.8 Å². The van der Waals surface area contributed by atoms with E-state index in [-0.39, 0.29) is 0 Å². The Balaban J connectivity index is 2.89. The molecule has 0 bridgehead atoms. The van der Waals surface area contributed by atoms with Crippen LogP contribution in [0.5, 0.6) is 5.88 Å². The van der Waals surface area contributed by atoms with Gasteiger partial charge in [0.05, 0.1) is 19.5 Å². The zero-order chi connectivity index (χ0) is 11.3. The average molecular weight is 210 g/mol. The van der Waals surface area contributed by atoms with E-state index < -0.39 is 0 Å². The minimum absolute atomic E-state index is 0.343. The van der Waals surface area contributed by atoms with Gasteiger partial charge in [0, 0.05) is 19.1 Å². The third-order valence-corrected chi connectivity index (χ3v) is 2.10. The van der Waals surface area contributed by atoms with Crippen LogP contribution in [0.25, 0.3) is 0 Å². The summed E-state index contributed by atoms with van der Waals surface area (Å²) < 4.78 is 5.03. The van der Waals surface area contributed by atoms with Gasteiger partial charge in [0.2, 0.25) is 5.88 Å². The van der Waals surface area contributed by atoms with Gasteiger partial charge in [0.25, 0.3) is 0 Å². The fourth-order valence-corrected chi connectivity index (χ4v) is 1.35. The van der Waals surface area contributed by atoms with Gasteiger partial charge >= 0.3 is 0 Å². The molecule has 0 fully saturated rings. The largest absolute Gasteiger partial charge is 0.480 e. The molecule has 15 heavy (non-hydrogen) atoms. The van der Waals surface area contributed by atoms with E-state index in [0.29, 0.717) is 18.5 Å². The van der Waals surface area contributed by atoms with E-state index in [0.717, 1.165) is 12.4 Å². The Hall–Kier alpha value is -1.36. The first-order chi connectivity index (χ1) is 7.19. The third kappa shape index (κ3) is 3.06. The summed E-state index contributed by atoms with van der Waals surface area (Å²) in [5, 5.41) is 0. The number of ether oxygens (including phenoxy) is 1. The van der Waals surface area contributed by atoms with Gasteiger partial charge in [-0.25, -0.2) is 0 Å². The molecular formula is C10H18N4O. The molecule has 0 aliphatic rings. The molecule has 1 rings (SSSR count). The molecular weight excluding hydrogens is 192 g/mol. The van der Waals surface area contributed by atoms with Crippen LogP contribution in [0.4, 0.5) is 5.82 Å². The molecule has 1 aromatic rings. The van der Waals surface area contributed by atoms with Crippen molar-refractivity contribution in [3.8, 4) is 5.88 Å². The van der Waals surface area contributed by atoms with Crippen LogP contribution < -0.4 is 15.4 Å². The standard InChI is InChI=1S/C10H18N4O/c1-8(2)14(5-4-11)9-6-12-7-10(13-9)15-3/h6-8H,4-5,11H2,1-3H3. The molecule has 1 aromatic heterocycles. The van der Waals surface area contributed by atoms with Crippen molar-refractivity contribution in [2.24, 2.45) is 5.73 Å². The topological polar surface area (TPSA) is 64.3 Å². The first-order valence-corrected chi connectivity index (χ1v) is 5.01. The Labute approximate surface area is 90.3 Å². The predicted molar refractivity (Wildman–Crippen MR) is 60.1 cm³/mol. The van der Waals surface area contributed by atoms with E-state index in [1.807, 2.05) is 0 Å². The number of nitrogens with two attached hydrogens (primary N) is 1. The molecule has 5 heteroatoms. The highest BCUT2D eigenvalue weighted by Crippen LogP contribution is 2.15. The molecule has 0 saturated heterocycles. The lowest BCUT2D eigenvalue weighted by atomic mass is 10.3. The molecule has 0 aromatic carbocycles. The monoisotopic (exact) mass is 210 g/mol. The van der Waals surface area contributed by atoms with Gasteiger partial charge in [-0.15, -0.1) is 0 Å². The van der Waals surface area contributed by atoms with Crippen LogP contribution in [-0.2, 0) is 0 Å². The van der Waals surface area contributed by atoms with Gasteiger partial charge in [0.15, 0.2) is 5.82 Å². The number of nitrogens with zero attached hydrogens (tertiary/aromatic N) is 3. The summed E-state index contributed by atoms with van der Waals surface area (Å²) in [4.78, 5) is 10.5. The van der Waals surface area contributed by atoms with Crippen molar-refractivity contribution in [1.82, 2.24) is 9.97 Å². The molecule has 0 atom stereocenters. The van der Waals surface area contributed by atoms with Crippen LogP contribution in [-0.4, -0.2) is 36.2 Å². The second-order valence-electron chi connectivity index (χ2n) is 3.50. The number of aromatic nitrogens is 2. The Kier molecular flexibility index (Phi) is 4.30. The Morgan fingerprint density at radius 2 is 2.20 bits per heavy atom. The van der Waals surface area contributed by atoms with Crippen LogP contribution in [0.2, 0.25) is 0 Å². The quantitative estimate of drug-likeness (QED) is 0.773. The van der Waals surface area contributed by atoms with Crippen molar-refractivity contribution < 1.29 is 4.74 Å². The van der Waals surface area contributed by atoms with E-state index in [9.17, 15) is 0 Å². The molecule has 0 aliphatic carbocycles. The highest BCUT2D eigenvalue weighted by molar-refractivity contribution is 5.38. The summed E-state index contributed by atoms with van der Waals surface area (Å²) >= 11 is 0. The zero-order valence-corrected chi connectivity index (χ0v) is 9.47. The highest BCUT2D eigenvalue weighted by Gasteiger charge is 2.11. The number of methoxy groups -OCH3 is 1. The average Bonchev–Trinajstić information content (AvgIpc) is 2.25. The van der Waals surface area contributed by atoms with Gasteiger partial charge in [0.1, 0.15) is 0 Å². The number of rotatable bonds is 5.